The Morgan fingerprint density at radius 2 is 1.49 bits per heavy atom. The number of methoxy groups -OCH3 is 1. The molecular formula is C31H36ClNO5S. The summed E-state index contributed by atoms with van der Waals surface area (Å²) in [7, 11) is -0.546. The number of carbonyl (C=O) groups excluding carboxylic acids is 2. The highest BCUT2D eigenvalue weighted by Crippen LogP contribution is 2.57. The second-order valence-electron chi connectivity index (χ2n) is 9.99. The van der Waals surface area contributed by atoms with E-state index in [1.807, 2.05) is 80.6 Å². The predicted octanol–water partition coefficient (Wildman–Crippen LogP) is 6.80. The van der Waals surface area contributed by atoms with Crippen molar-refractivity contribution in [2.24, 2.45) is 0 Å². The monoisotopic (exact) mass is 569 g/mol. The van der Waals surface area contributed by atoms with Crippen LogP contribution in [-0.2, 0) is 30.0 Å². The van der Waals surface area contributed by atoms with Gasteiger partial charge in [-0.25, -0.2) is 9.00 Å². The largest absolute Gasteiger partial charge is 0.468 e. The first kappa shape index (κ1) is 30.5. The molecule has 39 heavy (non-hydrogen) atoms. The van der Waals surface area contributed by atoms with Crippen molar-refractivity contribution in [2.45, 2.75) is 63.0 Å². The predicted molar refractivity (Wildman–Crippen MR) is 156 cm³/mol. The molecule has 0 radical (unpaired) electrons. The van der Waals surface area contributed by atoms with E-state index in [-0.39, 0.29) is 12.5 Å². The molecule has 0 saturated heterocycles. The second-order valence-corrected chi connectivity index (χ2v) is 11.8. The van der Waals surface area contributed by atoms with Crippen molar-refractivity contribution in [3.63, 3.8) is 0 Å². The maximum absolute atomic E-state index is 14.0. The number of carbonyl (C=O) groups is 2. The van der Waals surface area contributed by atoms with Crippen LogP contribution in [0.3, 0.4) is 0 Å². The number of hydrogen-bond donors (Lipinski definition) is 0. The summed E-state index contributed by atoms with van der Waals surface area (Å²) in [4.78, 5) is 26.6. The van der Waals surface area contributed by atoms with Crippen molar-refractivity contribution in [3.05, 3.63) is 89.4 Å². The van der Waals surface area contributed by atoms with Gasteiger partial charge in [0.2, 0.25) is 0 Å². The van der Waals surface area contributed by atoms with Crippen LogP contribution in [0.5, 0.6) is 0 Å². The summed E-state index contributed by atoms with van der Waals surface area (Å²) in [5, 5.41) is 0.643. The molecule has 1 aliphatic rings. The molecule has 0 aromatic heterocycles. The number of rotatable bonds is 8. The van der Waals surface area contributed by atoms with Gasteiger partial charge in [-0.1, -0.05) is 80.0 Å². The molecule has 0 aliphatic heterocycles. The molecule has 0 N–H and O–H groups in total. The summed E-state index contributed by atoms with van der Waals surface area (Å²) in [6.07, 6.45) is 0.376. The van der Waals surface area contributed by atoms with E-state index < -0.39 is 34.1 Å². The molecule has 208 valence electrons. The van der Waals surface area contributed by atoms with Crippen molar-refractivity contribution >= 4 is 34.5 Å². The smallest absolute Gasteiger partial charge is 0.327 e. The molecule has 4 rings (SSSR count). The third-order valence-electron chi connectivity index (χ3n) is 6.24. The van der Waals surface area contributed by atoms with Crippen LogP contribution in [0, 0.1) is 0 Å². The lowest BCUT2D eigenvalue weighted by Gasteiger charge is -2.30. The minimum Gasteiger partial charge on any atom is -0.468 e. The highest BCUT2D eigenvalue weighted by Gasteiger charge is 2.67. The van der Waals surface area contributed by atoms with E-state index in [9.17, 15) is 13.8 Å². The molecule has 1 aliphatic carbocycles. The van der Waals surface area contributed by atoms with Gasteiger partial charge in [0.25, 0.3) is 0 Å². The first-order chi connectivity index (χ1) is 18.5. The van der Waals surface area contributed by atoms with E-state index in [1.54, 1.807) is 32.9 Å². The first-order valence-corrected chi connectivity index (χ1v) is 14.4. The number of nitrogens with zero attached hydrogens (tertiary/aromatic N) is 1. The summed E-state index contributed by atoms with van der Waals surface area (Å²) in [6.45, 7) is 8.96. The van der Waals surface area contributed by atoms with Crippen molar-refractivity contribution in [1.82, 2.24) is 4.31 Å². The Bertz CT molecular complexity index is 1290. The summed E-state index contributed by atoms with van der Waals surface area (Å²) >= 11 is 6.00. The van der Waals surface area contributed by atoms with Gasteiger partial charge in [0, 0.05) is 10.9 Å². The van der Waals surface area contributed by atoms with Crippen LogP contribution in [-0.4, -0.2) is 45.2 Å². The van der Waals surface area contributed by atoms with Crippen molar-refractivity contribution in [2.75, 3.05) is 13.7 Å². The average molecular weight is 570 g/mol. The number of hydrogen-bond acceptors (Lipinski definition) is 5. The third kappa shape index (κ3) is 7.15. The summed E-state index contributed by atoms with van der Waals surface area (Å²) in [5.74, 6) is -1.38. The topological polar surface area (TPSA) is 72.9 Å². The third-order valence-corrected chi connectivity index (χ3v) is 8.03. The minimum atomic E-state index is -1.85. The van der Waals surface area contributed by atoms with Gasteiger partial charge in [0.15, 0.2) is 0 Å². The number of ether oxygens (including phenoxy) is 2. The Labute approximate surface area is 238 Å². The molecule has 3 atom stereocenters. The zero-order chi connectivity index (χ0) is 28.8. The fourth-order valence-electron chi connectivity index (χ4n) is 4.48. The molecule has 3 aromatic carbocycles. The summed E-state index contributed by atoms with van der Waals surface area (Å²) < 4.78 is 26.2. The van der Waals surface area contributed by atoms with Crippen LogP contribution in [0.25, 0.3) is 11.1 Å². The van der Waals surface area contributed by atoms with Crippen LogP contribution < -0.4 is 0 Å². The lowest BCUT2D eigenvalue weighted by Crippen LogP contribution is -2.49. The van der Waals surface area contributed by atoms with Crippen LogP contribution in [0.4, 0.5) is 0 Å². The molecule has 1 fully saturated rings. The van der Waals surface area contributed by atoms with Gasteiger partial charge in [-0.3, -0.25) is 4.79 Å². The Morgan fingerprint density at radius 1 is 0.949 bits per heavy atom. The quantitative estimate of drug-likeness (QED) is 0.279. The van der Waals surface area contributed by atoms with Gasteiger partial charge in [-0.2, -0.15) is 4.31 Å². The van der Waals surface area contributed by atoms with E-state index in [4.69, 9.17) is 21.1 Å². The molecule has 1 saturated carbocycles. The Balaban J connectivity index is 0.00000205. The Hall–Kier alpha value is -3.00. The number of benzene rings is 3. The Kier molecular flexibility index (Phi) is 10.1. The average Bonchev–Trinajstić information content (AvgIpc) is 3.69. The maximum atomic E-state index is 14.0. The van der Waals surface area contributed by atoms with Crippen molar-refractivity contribution in [3.8, 4) is 11.1 Å². The maximum Gasteiger partial charge on any atom is 0.327 e. The van der Waals surface area contributed by atoms with Crippen LogP contribution in [0.15, 0.2) is 83.8 Å². The zero-order valence-electron chi connectivity index (χ0n) is 23.3. The standard InChI is InChI=1S/C29H30ClNO5S.C2H6/c1-28(2,3)36-26(32)19-31(29(27(33)35-4)18-25(29)22-8-6-5-7-9-22)37(34)24-16-12-21(13-17-24)20-10-14-23(30)15-11-20;1-2/h5-17,25H,18-19H2,1-4H3;1-2H3. The van der Waals surface area contributed by atoms with E-state index >= 15 is 0 Å². The molecule has 0 bridgehead atoms. The van der Waals surface area contributed by atoms with E-state index in [2.05, 4.69) is 0 Å². The van der Waals surface area contributed by atoms with Gasteiger partial charge < -0.3 is 9.47 Å². The second kappa shape index (κ2) is 12.9. The van der Waals surface area contributed by atoms with Crippen LogP contribution in [0.2, 0.25) is 5.02 Å². The van der Waals surface area contributed by atoms with E-state index in [1.165, 1.54) is 11.4 Å². The van der Waals surface area contributed by atoms with Gasteiger partial charge in [0.1, 0.15) is 28.7 Å². The first-order valence-electron chi connectivity index (χ1n) is 13.0. The Morgan fingerprint density at radius 3 is 2.00 bits per heavy atom. The van der Waals surface area contributed by atoms with Crippen LogP contribution in [0.1, 0.15) is 52.5 Å². The van der Waals surface area contributed by atoms with Gasteiger partial charge in [-0.15, -0.1) is 0 Å². The lowest BCUT2D eigenvalue weighted by molar-refractivity contribution is -0.157. The fraction of sp³-hybridized carbons (Fsp3) is 0.355. The van der Waals surface area contributed by atoms with Gasteiger partial charge >= 0.3 is 11.9 Å². The van der Waals surface area contributed by atoms with Gasteiger partial charge in [0.05, 0.1) is 12.0 Å². The zero-order valence-corrected chi connectivity index (χ0v) is 24.8. The number of halogens is 1. The molecule has 6 nitrogen and oxygen atoms in total. The molecule has 8 heteroatoms. The molecular weight excluding hydrogens is 534 g/mol. The molecule has 3 aromatic rings. The van der Waals surface area contributed by atoms with Crippen molar-refractivity contribution in [1.29, 1.82) is 0 Å². The number of esters is 2. The lowest BCUT2D eigenvalue weighted by atomic mass is 10.1. The molecule has 0 spiro atoms. The SMILES string of the molecule is CC.COC(=O)C1(N(CC(=O)OC(C)(C)C)S(=O)c2ccc(-c3ccc(Cl)cc3)cc2)CC1c1ccccc1. The highest BCUT2D eigenvalue weighted by atomic mass is 35.5. The summed E-state index contributed by atoms with van der Waals surface area (Å²) in [5.41, 5.74) is 0.812. The molecule has 0 amide bonds. The molecule has 3 unspecified atom stereocenters. The summed E-state index contributed by atoms with van der Waals surface area (Å²) in [6, 6.07) is 24.1. The van der Waals surface area contributed by atoms with Crippen LogP contribution >= 0.6 is 11.6 Å². The van der Waals surface area contributed by atoms with Crippen molar-refractivity contribution < 1.29 is 23.3 Å². The highest BCUT2D eigenvalue weighted by molar-refractivity contribution is 7.82. The van der Waals surface area contributed by atoms with Gasteiger partial charge in [-0.05, 0) is 68.1 Å². The minimum absolute atomic E-state index is 0.277. The van der Waals surface area contributed by atoms with E-state index in [0.29, 0.717) is 16.3 Å². The normalized spacial score (nSPS) is 18.9. The van der Waals surface area contributed by atoms with E-state index in [0.717, 1.165) is 16.7 Å². The fourth-order valence-corrected chi connectivity index (χ4v) is 6.03. The molecule has 0 heterocycles.